The third kappa shape index (κ3) is 3.97. The van der Waals surface area contributed by atoms with Crippen LogP contribution in [0.3, 0.4) is 0 Å². The van der Waals surface area contributed by atoms with Gasteiger partial charge in [0.15, 0.2) is 0 Å². The summed E-state index contributed by atoms with van der Waals surface area (Å²) in [6, 6.07) is 19.7. The minimum Gasteiger partial charge on any atom is -0.362 e. The highest BCUT2D eigenvalue weighted by Crippen LogP contribution is 2.25. The van der Waals surface area contributed by atoms with Crippen LogP contribution in [-0.4, -0.2) is 29.2 Å². The summed E-state index contributed by atoms with van der Waals surface area (Å²) in [6.07, 6.45) is 0. The first kappa shape index (κ1) is 16.1. The van der Waals surface area contributed by atoms with E-state index < -0.39 is 0 Å². The number of nitrogens with one attached hydrogen (secondary N) is 1. The second-order valence-electron chi connectivity index (χ2n) is 5.18. The van der Waals surface area contributed by atoms with Crippen LogP contribution in [0.1, 0.15) is 6.92 Å². The Morgan fingerprint density at radius 3 is 2.38 bits per heavy atom. The summed E-state index contributed by atoms with van der Waals surface area (Å²) in [5.41, 5.74) is 2.02. The van der Waals surface area contributed by atoms with E-state index in [0.717, 1.165) is 22.8 Å². The lowest BCUT2D eigenvalue weighted by Gasteiger charge is -2.21. The zero-order valence-corrected chi connectivity index (χ0v) is 14.2. The van der Waals surface area contributed by atoms with Crippen molar-refractivity contribution in [1.82, 2.24) is 10.2 Å². The number of hydrogen-bond acceptors (Lipinski definition) is 5. The Hall–Kier alpha value is -2.73. The maximum absolute atomic E-state index is 12.3. The lowest BCUT2D eigenvalue weighted by Crippen LogP contribution is -2.33. The molecule has 2 aromatic carbocycles. The minimum absolute atomic E-state index is 0.100. The molecule has 1 amide bonds. The van der Waals surface area contributed by atoms with E-state index in [4.69, 9.17) is 0 Å². The lowest BCUT2D eigenvalue weighted by molar-refractivity contribution is -0.115. The summed E-state index contributed by atoms with van der Waals surface area (Å²) in [4.78, 5) is 14.3. The Kier molecular flexibility index (Phi) is 5.18. The van der Waals surface area contributed by atoms with Gasteiger partial charge in [0.05, 0.1) is 6.54 Å². The summed E-state index contributed by atoms with van der Waals surface area (Å²) >= 11 is 1.37. The number of carbonyl (C=O) groups excluding carboxylic acids is 1. The molecule has 1 heterocycles. The van der Waals surface area contributed by atoms with Crippen molar-refractivity contribution in [3.8, 4) is 10.6 Å². The molecule has 0 bridgehead atoms. The Bertz CT molecular complexity index is 789. The van der Waals surface area contributed by atoms with E-state index in [2.05, 4.69) is 15.5 Å². The molecule has 0 spiro atoms. The van der Waals surface area contributed by atoms with Gasteiger partial charge in [-0.15, -0.1) is 10.2 Å². The number of amides is 1. The van der Waals surface area contributed by atoms with E-state index in [-0.39, 0.29) is 12.5 Å². The Balaban J connectivity index is 1.64. The summed E-state index contributed by atoms with van der Waals surface area (Å²) in [6.45, 7) is 3.06. The van der Waals surface area contributed by atoms with Gasteiger partial charge in [-0.3, -0.25) is 10.1 Å². The number of anilines is 2. The van der Waals surface area contributed by atoms with Crippen molar-refractivity contribution < 1.29 is 4.79 Å². The van der Waals surface area contributed by atoms with Crippen LogP contribution in [-0.2, 0) is 4.79 Å². The van der Waals surface area contributed by atoms with Gasteiger partial charge < -0.3 is 4.90 Å². The number of likely N-dealkylation sites (N-methyl/N-ethyl adjacent to an activating group) is 1. The highest BCUT2D eigenvalue weighted by Gasteiger charge is 2.13. The molecule has 122 valence electrons. The van der Waals surface area contributed by atoms with Gasteiger partial charge in [-0.2, -0.15) is 0 Å². The molecule has 0 atom stereocenters. The van der Waals surface area contributed by atoms with E-state index in [1.54, 1.807) is 0 Å². The molecule has 0 radical (unpaired) electrons. The maximum atomic E-state index is 12.3. The molecule has 0 fully saturated rings. The minimum atomic E-state index is -0.100. The standard InChI is InChI=1S/C18H18N4OS/c1-2-22(15-11-7-4-8-12-15)13-16(23)19-18-21-20-17(24-18)14-9-5-3-6-10-14/h3-12H,2,13H2,1H3,(H,19,21,23). The van der Waals surface area contributed by atoms with Crippen LogP contribution in [0, 0.1) is 0 Å². The predicted molar refractivity (Wildman–Crippen MR) is 98.3 cm³/mol. The Morgan fingerprint density at radius 2 is 1.71 bits per heavy atom. The number of nitrogens with zero attached hydrogens (tertiary/aromatic N) is 3. The predicted octanol–water partition coefficient (Wildman–Crippen LogP) is 3.67. The van der Waals surface area contributed by atoms with Crippen molar-refractivity contribution in [2.24, 2.45) is 0 Å². The number of benzene rings is 2. The number of aromatic nitrogens is 2. The summed E-state index contributed by atoms with van der Waals surface area (Å²) in [5.74, 6) is -0.100. The average Bonchev–Trinajstić information content (AvgIpc) is 3.09. The highest BCUT2D eigenvalue weighted by atomic mass is 32.1. The van der Waals surface area contributed by atoms with Crippen LogP contribution in [0.25, 0.3) is 10.6 Å². The highest BCUT2D eigenvalue weighted by molar-refractivity contribution is 7.18. The first-order chi connectivity index (χ1) is 11.8. The SMILES string of the molecule is CCN(CC(=O)Nc1nnc(-c2ccccc2)s1)c1ccccc1. The molecule has 24 heavy (non-hydrogen) atoms. The molecule has 0 aliphatic heterocycles. The smallest absolute Gasteiger partial charge is 0.245 e. The van der Waals surface area contributed by atoms with Crippen molar-refractivity contribution in [2.75, 3.05) is 23.3 Å². The molecular weight excluding hydrogens is 320 g/mol. The summed E-state index contributed by atoms with van der Waals surface area (Å²) in [5, 5.41) is 12.3. The molecule has 1 aromatic heterocycles. The van der Waals surface area contributed by atoms with Crippen molar-refractivity contribution in [1.29, 1.82) is 0 Å². The number of carbonyl (C=O) groups is 1. The zero-order valence-electron chi connectivity index (χ0n) is 13.3. The number of para-hydroxylation sites is 1. The van der Waals surface area contributed by atoms with Gasteiger partial charge in [0.1, 0.15) is 5.01 Å². The van der Waals surface area contributed by atoms with Gasteiger partial charge in [-0.25, -0.2) is 0 Å². The van der Waals surface area contributed by atoms with Gasteiger partial charge in [0.25, 0.3) is 0 Å². The fourth-order valence-corrected chi connectivity index (χ4v) is 3.09. The largest absolute Gasteiger partial charge is 0.362 e. The van der Waals surface area contributed by atoms with E-state index in [1.165, 1.54) is 11.3 Å². The van der Waals surface area contributed by atoms with Crippen molar-refractivity contribution in [3.05, 3.63) is 60.7 Å². The third-order valence-corrected chi connectivity index (χ3v) is 4.42. The van der Waals surface area contributed by atoms with Gasteiger partial charge in [-0.1, -0.05) is 59.9 Å². The molecule has 5 nitrogen and oxygen atoms in total. The van der Waals surface area contributed by atoms with Gasteiger partial charge in [0, 0.05) is 17.8 Å². The first-order valence-electron chi connectivity index (χ1n) is 7.75. The molecular formula is C18H18N4OS. The summed E-state index contributed by atoms with van der Waals surface area (Å²) < 4.78 is 0. The molecule has 0 saturated carbocycles. The zero-order chi connectivity index (χ0) is 16.8. The monoisotopic (exact) mass is 338 g/mol. The van der Waals surface area contributed by atoms with Crippen molar-refractivity contribution >= 4 is 28.1 Å². The third-order valence-electron chi connectivity index (χ3n) is 3.53. The van der Waals surface area contributed by atoms with Gasteiger partial charge >= 0.3 is 0 Å². The quantitative estimate of drug-likeness (QED) is 0.745. The molecule has 0 aliphatic carbocycles. The van der Waals surface area contributed by atoms with E-state index in [9.17, 15) is 4.79 Å². The van der Waals surface area contributed by atoms with Crippen LogP contribution < -0.4 is 10.2 Å². The van der Waals surface area contributed by atoms with Crippen LogP contribution in [0.2, 0.25) is 0 Å². The van der Waals surface area contributed by atoms with Gasteiger partial charge in [-0.05, 0) is 19.1 Å². The van der Waals surface area contributed by atoms with E-state index in [1.807, 2.05) is 72.5 Å². The summed E-state index contributed by atoms with van der Waals surface area (Å²) in [7, 11) is 0. The maximum Gasteiger partial charge on any atom is 0.245 e. The van der Waals surface area contributed by atoms with Gasteiger partial charge in [0.2, 0.25) is 11.0 Å². The second kappa shape index (κ2) is 7.70. The van der Waals surface area contributed by atoms with Crippen LogP contribution in [0.4, 0.5) is 10.8 Å². The van der Waals surface area contributed by atoms with Crippen LogP contribution in [0.5, 0.6) is 0 Å². The fourth-order valence-electron chi connectivity index (χ4n) is 2.33. The van der Waals surface area contributed by atoms with Crippen LogP contribution in [0.15, 0.2) is 60.7 Å². The normalized spacial score (nSPS) is 10.4. The molecule has 3 aromatic rings. The van der Waals surface area contributed by atoms with Crippen molar-refractivity contribution in [3.63, 3.8) is 0 Å². The second-order valence-corrected chi connectivity index (χ2v) is 6.15. The Labute approximate surface area is 145 Å². The Morgan fingerprint density at radius 1 is 1.04 bits per heavy atom. The van der Waals surface area contributed by atoms with Crippen molar-refractivity contribution in [2.45, 2.75) is 6.92 Å². The lowest BCUT2D eigenvalue weighted by atomic mass is 10.2. The number of hydrogen-bond donors (Lipinski definition) is 1. The molecule has 0 unspecified atom stereocenters. The van der Waals surface area contributed by atoms with Crippen LogP contribution >= 0.6 is 11.3 Å². The molecule has 0 aliphatic rings. The van der Waals surface area contributed by atoms with E-state index >= 15 is 0 Å². The number of rotatable bonds is 6. The molecule has 0 saturated heterocycles. The fraction of sp³-hybridized carbons (Fsp3) is 0.167. The molecule has 6 heteroatoms. The topological polar surface area (TPSA) is 58.1 Å². The van der Waals surface area contributed by atoms with E-state index in [0.29, 0.717) is 5.13 Å². The molecule has 1 N–H and O–H groups in total. The average molecular weight is 338 g/mol. The molecule has 3 rings (SSSR count). The first-order valence-corrected chi connectivity index (χ1v) is 8.56.